The fourth-order valence-corrected chi connectivity index (χ4v) is 9.09. The monoisotopic (exact) mass is 890 g/mol. The number of hydrogen-bond acceptors (Lipinski definition) is 24. The van der Waals surface area contributed by atoms with Crippen LogP contribution in [0.2, 0.25) is 0 Å². The van der Waals surface area contributed by atoms with Gasteiger partial charge in [-0.05, 0) is 38.0 Å². The van der Waals surface area contributed by atoms with E-state index in [4.69, 9.17) is 43.0 Å². The number of hydrogen-bond donors (Lipinski definition) is 15. The molecule has 25 heteroatoms. The predicted octanol–water partition coefficient (Wildman–Crippen LogP) is -8.37. The number of aliphatic carboxylic acids is 1. The molecule has 0 amide bonds. The van der Waals surface area contributed by atoms with Gasteiger partial charge in [0, 0.05) is 5.92 Å². The highest BCUT2D eigenvalue weighted by molar-refractivity contribution is 5.90. The maximum Gasteiger partial charge on any atom is 0.317 e. The third kappa shape index (κ3) is 10.6. The van der Waals surface area contributed by atoms with E-state index in [1.54, 1.807) is 0 Å². The van der Waals surface area contributed by atoms with Gasteiger partial charge in [-0.15, -0.1) is 0 Å². The van der Waals surface area contributed by atoms with E-state index in [1.165, 1.54) is 0 Å². The van der Waals surface area contributed by atoms with Gasteiger partial charge < -0.3 is 114 Å². The molecule has 0 bridgehead atoms. The molecular formula is C36H58O25. The van der Waals surface area contributed by atoms with Crippen molar-refractivity contribution in [3.8, 4) is 0 Å². The first-order chi connectivity index (χ1) is 28.8. The first kappa shape index (κ1) is 48.6. The molecule has 0 radical (unpaired) electrons. The molecule has 2 aliphatic carbocycles. The Balaban J connectivity index is 1.30. The van der Waals surface area contributed by atoms with Crippen LogP contribution in [0.5, 0.6) is 0 Å². The van der Waals surface area contributed by atoms with Crippen molar-refractivity contribution in [2.45, 2.75) is 179 Å². The summed E-state index contributed by atoms with van der Waals surface area (Å²) < 4.78 is 46.5. The zero-order valence-electron chi connectivity index (χ0n) is 32.6. The Hall–Kier alpha value is -1.90. The number of ether oxygens (including phenoxy) is 8. The van der Waals surface area contributed by atoms with Gasteiger partial charge in [-0.25, -0.2) is 0 Å². The van der Waals surface area contributed by atoms with E-state index in [-0.39, 0.29) is 32.1 Å². The average molecular weight is 891 g/mol. The molecule has 4 saturated heterocycles. The van der Waals surface area contributed by atoms with Crippen LogP contribution in [-0.2, 0) is 47.5 Å². The van der Waals surface area contributed by atoms with Gasteiger partial charge in [-0.1, -0.05) is 0 Å². The number of fused-ring (bicyclic) bond motifs is 1. The van der Waals surface area contributed by atoms with Crippen molar-refractivity contribution in [2.24, 2.45) is 11.8 Å². The topological polar surface area (TPSA) is 411 Å². The van der Waals surface area contributed by atoms with E-state index in [9.17, 15) is 81.1 Å². The third-order valence-corrected chi connectivity index (χ3v) is 12.5. The molecular weight excluding hydrogens is 832 g/mol. The molecule has 0 aromatic carbocycles. The van der Waals surface area contributed by atoms with Crippen LogP contribution in [0, 0.1) is 11.8 Å². The van der Waals surface area contributed by atoms with Crippen molar-refractivity contribution in [1.82, 2.24) is 0 Å². The molecule has 0 aromatic heterocycles. The van der Waals surface area contributed by atoms with Crippen molar-refractivity contribution in [1.29, 1.82) is 0 Å². The predicted molar refractivity (Wildman–Crippen MR) is 189 cm³/mol. The number of carboxylic acid groups (broad SMARTS) is 1. The molecule has 0 aromatic rings. The molecule has 25 nitrogen and oxygen atoms in total. The van der Waals surface area contributed by atoms with Gasteiger partial charge in [0.05, 0.1) is 55.9 Å². The van der Waals surface area contributed by atoms with Gasteiger partial charge in [0.2, 0.25) is 0 Å². The molecule has 23 atom stereocenters. The van der Waals surface area contributed by atoms with Gasteiger partial charge in [0.15, 0.2) is 18.9 Å². The Morgan fingerprint density at radius 2 is 0.967 bits per heavy atom. The number of carbonyl (C=O) groups is 2. The van der Waals surface area contributed by atoms with E-state index in [1.807, 2.05) is 0 Å². The average Bonchev–Trinajstić information content (AvgIpc) is 3.21. The molecule has 15 N–H and O–H groups in total. The minimum absolute atomic E-state index is 0.0290. The van der Waals surface area contributed by atoms with Gasteiger partial charge in [0.25, 0.3) is 0 Å². The Bertz CT molecular complexity index is 1390. The fourth-order valence-electron chi connectivity index (χ4n) is 9.09. The number of esters is 1. The summed E-state index contributed by atoms with van der Waals surface area (Å²) in [6.07, 6.45) is -38.1. The lowest BCUT2D eigenvalue weighted by molar-refractivity contribution is -0.349. The summed E-state index contributed by atoms with van der Waals surface area (Å²) in [5, 5.41) is 158. The first-order valence-corrected chi connectivity index (χ1v) is 20.2. The second kappa shape index (κ2) is 20.5. The molecule has 6 fully saturated rings. The molecule has 2 saturated carbocycles. The Morgan fingerprint density at radius 1 is 0.508 bits per heavy atom. The van der Waals surface area contributed by atoms with Crippen molar-refractivity contribution >= 4 is 11.9 Å². The lowest BCUT2D eigenvalue weighted by Gasteiger charge is -2.52. The highest BCUT2D eigenvalue weighted by atomic mass is 16.7. The summed E-state index contributed by atoms with van der Waals surface area (Å²) in [4.78, 5) is 22.9. The van der Waals surface area contributed by atoms with Crippen LogP contribution in [0.1, 0.15) is 38.5 Å². The molecule has 0 spiro atoms. The number of carbonyl (C=O) groups excluding carboxylic acids is 1. The van der Waals surface area contributed by atoms with Gasteiger partial charge >= 0.3 is 11.9 Å². The van der Waals surface area contributed by atoms with Crippen molar-refractivity contribution in [2.75, 3.05) is 19.8 Å². The van der Waals surface area contributed by atoms with E-state index in [2.05, 4.69) is 0 Å². The highest BCUT2D eigenvalue weighted by Gasteiger charge is 2.56. The summed E-state index contributed by atoms with van der Waals surface area (Å²) in [5.74, 6) is -4.30. The van der Waals surface area contributed by atoms with Gasteiger partial charge in [0.1, 0.15) is 92.4 Å². The van der Waals surface area contributed by atoms with E-state index in [0.717, 1.165) is 0 Å². The number of aliphatic hydroxyl groups excluding tert-OH is 14. The highest BCUT2D eigenvalue weighted by Crippen LogP contribution is 2.45. The second-order valence-electron chi connectivity index (χ2n) is 16.6. The molecule has 4 aliphatic heterocycles. The maximum atomic E-state index is 11.9. The number of aliphatic hydroxyl groups is 14. The largest absolute Gasteiger partial charge is 0.481 e. The molecule has 6 rings (SSSR count). The first-order valence-electron chi connectivity index (χ1n) is 20.2. The number of carboxylic acids is 1. The van der Waals surface area contributed by atoms with Gasteiger partial charge in [-0.3, -0.25) is 9.59 Å². The van der Waals surface area contributed by atoms with Crippen LogP contribution < -0.4 is 0 Å². The van der Waals surface area contributed by atoms with E-state index in [0.29, 0.717) is 0 Å². The summed E-state index contributed by atoms with van der Waals surface area (Å²) in [7, 11) is 0. The second-order valence-corrected chi connectivity index (χ2v) is 16.6. The quantitative estimate of drug-likeness (QED) is 0.0603. The minimum atomic E-state index is -1.95. The van der Waals surface area contributed by atoms with E-state index < -0.39 is 191 Å². The van der Waals surface area contributed by atoms with Crippen LogP contribution in [-0.4, -0.2) is 249 Å². The minimum Gasteiger partial charge on any atom is -0.481 e. The summed E-state index contributed by atoms with van der Waals surface area (Å²) >= 11 is 0. The lowest BCUT2D eigenvalue weighted by Crippen LogP contribution is -2.64. The summed E-state index contributed by atoms with van der Waals surface area (Å²) in [6.45, 7) is -2.40. The standard InChI is InChI=1S/C36H58O25/c37-7-18-24(45)27(48)30(51)34(59-18)56-15-1-10(2-16(23(15)44)57-35-31(52)28(49)25(46)19(8-38)60-35)33-17(5-12-13(40)3-11(39)4-14(12)55-33)58-36-32(53)29(50)26(47)20(61-36)9-54-22(43)6-21(41)42/h10-20,23-40,44-53H,1-9H2,(H,41,42)/t10?,11?,12?,13?,14?,15?,16?,17?,18-,19-,20-,23?,24-,25-,26-,27+,28+,29+,30-,31-,32-,33?,34-,35-,36-/m1/s1. The van der Waals surface area contributed by atoms with Crippen LogP contribution in [0.3, 0.4) is 0 Å². The molecule has 6 aliphatic rings. The van der Waals surface area contributed by atoms with Crippen LogP contribution in [0.25, 0.3) is 0 Å². The smallest absolute Gasteiger partial charge is 0.317 e. The normalized spacial score (nSPS) is 50.7. The summed E-state index contributed by atoms with van der Waals surface area (Å²) in [6, 6.07) is 0. The van der Waals surface area contributed by atoms with Crippen molar-refractivity contribution in [3.63, 3.8) is 0 Å². The fraction of sp³-hybridized carbons (Fsp3) is 0.944. The maximum absolute atomic E-state index is 11.9. The lowest BCUT2D eigenvalue weighted by atomic mass is 9.72. The molecule has 4 heterocycles. The van der Waals surface area contributed by atoms with Gasteiger partial charge in [-0.2, -0.15) is 0 Å². The van der Waals surface area contributed by atoms with Crippen LogP contribution >= 0.6 is 0 Å². The SMILES string of the molecule is O=C(O)CC(=O)OC[C@H]1O[C@@H](OC2CC3C(O)CC(O)CC3OC2C2CC(O[C@@H]3O[C@H](CO)[C@@H](O)[C@H](O)[C@H]3O)C(O)C(O[C@@H]3O[C@H](CO)[C@@H](O)[C@H](O)[C@H]3O)C2)[C@H](O)[C@@H](O)[C@@H]1O. The van der Waals surface area contributed by atoms with Crippen molar-refractivity contribution < 1.29 is 124 Å². The Labute approximate surface area is 347 Å². The Morgan fingerprint density at radius 3 is 1.44 bits per heavy atom. The Kier molecular flexibility index (Phi) is 16.3. The third-order valence-electron chi connectivity index (χ3n) is 12.5. The van der Waals surface area contributed by atoms with Crippen LogP contribution in [0.4, 0.5) is 0 Å². The van der Waals surface area contributed by atoms with Crippen LogP contribution in [0.15, 0.2) is 0 Å². The molecule has 8 unspecified atom stereocenters. The zero-order valence-corrected chi connectivity index (χ0v) is 32.6. The van der Waals surface area contributed by atoms with Crippen molar-refractivity contribution in [3.05, 3.63) is 0 Å². The molecule has 61 heavy (non-hydrogen) atoms. The zero-order chi connectivity index (χ0) is 44.6. The summed E-state index contributed by atoms with van der Waals surface area (Å²) in [5.41, 5.74) is 0. The molecule has 352 valence electrons. The van der Waals surface area contributed by atoms with E-state index >= 15 is 0 Å². The number of rotatable bonds is 13.